The number of carboxylic acid groups (broad SMARTS) is 1. The first-order valence-electron chi connectivity index (χ1n) is 2.50. The molecule has 0 aromatic carbocycles. The molecule has 56 valence electrons. The van der Waals surface area contributed by atoms with Crippen molar-refractivity contribution in [3.63, 3.8) is 0 Å². The predicted octanol–water partition coefficient (Wildman–Crippen LogP) is 0.396. The zero-order valence-electron chi connectivity index (χ0n) is 5.28. The van der Waals surface area contributed by atoms with Gasteiger partial charge in [0.05, 0.1) is 0 Å². The maximum Gasteiger partial charge on any atom is 0.413 e. The lowest BCUT2D eigenvalue weighted by Gasteiger charge is -2.13. The van der Waals surface area contributed by atoms with Crippen LogP contribution >= 0.6 is 12.2 Å². The van der Waals surface area contributed by atoms with Crippen molar-refractivity contribution in [1.29, 1.82) is 0 Å². The van der Waals surface area contributed by atoms with Gasteiger partial charge in [-0.15, -0.1) is 6.58 Å². The molecule has 0 aromatic rings. The molecular formula is C5H8N2O2S. The second kappa shape index (κ2) is 3.84. The number of nitrogens with zero attached hydrogens (tertiary/aromatic N) is 1. The lowest BCUT2D eigenvalue weighted by Crippen LogP contribution is -2.39. The number of nitrogens with two attached hydrogens (primary N) is 1. The first-order chi connectivity index (χ1) is 4.59. The summed E-state index contributed by atoms with van der Waals surface area (Å²) < 4.78 is 0. The molecule has 0 rings (SSSR count). The first-order valence-corrected chi connectivity index (χ1v) is 2.91. The highest BCUT2D eigenvalue weighted by molar-refractivity contribution is 7.80. The van der Waals surface area contributed by atoms with Gasteiger partial charge in [0.2, 0.25) is 0 Å². The first kappa shape index (κ1) is 8.90. The Hall–Kier alpha value is -1.10. The van der Waals surface area contributed by atoms with Gasteiger partial charge in [-0.05, 0) is 12.2 Å². The fourth-order valence-corrected chi connectivity index (χ4v) is 0.544. The van der Waals surface area contributed by atoms with Crippen LogP contribution in [0.15, 0.2) is 12.7 Å². The molecule has 0 spiro atoms. The average molecular weight is 160 g/mol. The summed E-state index contributed by atoms with van der Waals surface area (Å²) >= 11 is 4.43. The van der Waals surface area contributed by atoms with Gasteiger partial charge in [0.1, 0.15) is 0 Å². The highest BCUT2D eigenvalue weighted by atomic mass is 32.1. The molecule has 1 amide bonds. The van der Waals surface area contributed by atoms with Crippen LogP contribution in [0, 0.1) is 0 Å². The maximum atomic E-state index is 10.2. The van der Waals surface area contributed by atoms with Crippen molar-refractivity contribution in [3.05, 3.63) is 12.7 Å². The van der Waals surface area contributed by atoms with Crippen molar-refractivity contribution >= 4 is 23.4 Å². The van der Waals surface area contributed by atoms with Crippen LogP contribution in [-0.2, 0) is 0 Å². The van der Waals surface area contributed by atoms with E-state index in [2.05, 4.69) is 18.8 Å². The molecule has 0 fully saturated rings. The summed E-state index contributed by atoms with van der Waals surface area (Å²) in [6.45, 7) is 3.47. The molecule has 0 saturated heterocycles. The van der Waals surface area contributed by atoms with Crippen LogP contribution in [0.3, 0.4) is 0 Å². The van der Waals surface area contributed by atoms with Crippen molar-refractivity contribution in [2.45, 2.75) is 0 Å². The second-order valence-corrected chi connectivity index (χ2v) is 1.94. The highest BCUT2D eigenvalue weighted by Crippen LogP contribution is 1.88. The smallest absolute Gasteiger partial charge is 0.413 e. The molecule has 0 saturated carbocycles. The van der Waals surface area contributed by atoms with Crippen LogP contribution in [-0.4, -0.2) is 27.8 Å². The molecule has 0 unspecified atom stereocenters. The minimum Gasteiger partial charge on any atom is -0.465 e. The molecule has 0 aliphatic rings. The van der Waals surface area contributed by atoms with Crippen molar-refractivity contribution < 1.29 is 9.90 Å². The lowest BCUT2D eigenvalue weighted by atomic mass is 10.5. The molecule has 0 atom stereocenters. The molecule has 0 aliphatic carbocycles. The number of rotatable bonds is 2. The molecule has 3 N–H and O–H groups in total. The van der Waals surface area contributed by atoms with Crippen LogP contribution in [0.4, 0.5) is 4.79 Å². The Balaban J connectivity index is 4.11. The van der Waals surface area contributed by atoms with Crippen LogP contribution in [0.1, 0.15) is 0 Å². The topological polar surface area (TPSA) is 66.6 Å². The molecule has 0 radical (unpaired) electrons. The fourth-order valence-electron chi connectivity index (χ4n) is 0.391. The maximum absolute atomic E-state index is 10.2. The summed E-state index contributed by atoms with van der Waals surface area (Å²) in [5, 5.41) is 8.23. The van der Waals surface area contributed by atoms with Crippen molar-refractivity contribution in [3.8, 4) is 0 Å². The van der Waals surface area contributed by atoms with Crippen LogP contribution < -0.4 is 5.73 Å². The van der Waals surface area contributed by atoms with E-state index in [1.165, 1.54) is 6.08 Å². The van der Waals surface area contributed by atoms with E-state index < -0.39 is 6.09 Å². The van der Waals surface area contributed by atoms with E-state index in [1.807, 2.05) is 0 Å². The summed E-state index contributed by atoms with van der Waals surface area (Å²) in [6, 6.07) is 0. The van der Waals surface area contributed by atoms with Gasteiger partial charge in [0, 0.05) is 6.54 Å². The molecular weight excluding hydrogens is 152 g/mol. The normalized spacial score (nSPS) is 8.40. The van der Waals surface area contributed by atoms with Crippen LogP contribution in [0.5, 0.6) is 0 Å². The van der Waals surface area contributed by atoms with E-state index in [0.29, 0.717) is 0 Å². The molecule has 0 bridgehead atoms. The van der Waals surface area contributed by atoms with Gasteiger partial charge in [-0.1, -0.05) is 6.08 Å². The Kier molecular flexibility index (Phi) is 3.42. The molecule has 0 aromatic heterocycles. The van der Waals surface area contributed by atoms with Crippen LogP contribution in [0.25, 0.3) is 0 Å². The highest BCUT2D eigenvalue weighted by Gasteiger charge is 2.10. The number of amides is 1. The summed E-state index contributed by atoms with van der Waals surface area (Å²) in [4.78, 5) is 11.1. The third kappa shape index (κ3) is 2.45. The molecule has 10 heavy (non-hydrogen) atoms. The van der Waals surface area contributed by atoms with Gasteiger partial charge in [-0.25, -0.2) is 4.79 Å². The van der Waals surface area contributed by atoms with E-state index in [1.54, 1.807) is 0 Å². The van der Waals surface area contributed by atoms with Gasteiger partial charge in [-0.2, -0.15) is 0 Å². The quantitative estimate of drug-likeness (QED) is 0.453. The summed E-state index contributed by atoms with van der Waals surface area (Å²) in [5.41, 5.74) is 5.05. The van der Waals surface area contributed by atoms with Crippen molar-refractivity contribution in [2.75, 3.05) is 6.54 Å². The predicted molar refractivity (Wildman–Crippen MR) is 41.7 cm³/mol. The van der Waals surface area contributed by atoms with Gasteiger partial charge in [0.25, 0.3) is 0 Å². The van der Waals surface area contributed by atoms with E-state index >= 15 is 0 Å². The zero-order valence-corrected chi connectivity index (χ0v) is 6.10. The monoisotopic (exact) mass is 160 g/mol. The van der Waals surface area contributed by atoms with Crippen molar-refractivity contribution in [1.82, 2.24) is 4.90 Å². The van der Waals surface area contributed by atoms with E-state index in [0.717, 1.165) is 4.90 Å². The van der Waals surface area contributed by atoms with E-state index in [4.69, 9.17) is 10.8 Å². The number of hydrogen-bond donors (Lipinski definition) is 2. The minimum absolute atomic E-state index is 0.130. The number of hydrogen-bond acceptors (Lipinski definition) is 2. The van der Waals surface area contributed by atoms with E-state index in [9.17, 15) is 4.79 Å². The van der Waals surface area contributed by atoms with E-state index in [-0.39, 0.29) is 11.7 Å². The second-order valence-electron chi connectivity index (χ2n) is 1.52. The Bertz CT molecular complexity index is 155. The van der Waals surface area contributed by atoms with Gasteiger partial charge in [-0.3, -0.25) is 4.90 Å². The summed E-state index contributed by atoms with van der Waals surface area (Å²) in [7, 11) is 0. The van der Waals surface area contributed by atoms with Gasteiger partial charge in [0.15, 0.2) is 5.11 Å². The molecule has 5 heteroatoms. The zero-order chi connectivity index (χ0) is 8.15. The number of carbonyl (C=O) groups is 1. The van der Waals surface area contributed by atoms with Crippen molar-refractivity contribution in [2.24, 2.45) is 5.73 Å². The Morgan fingerprint density at radius 2 is 2.40 bits per heavy atom. The van der Waals surface area contributed by atoms with Crippen LogP contribution in [0.2, 0.25) is 0 Å². The summed E-state index contributed by atoms with van der Waals surface area (Å²) in [5.74, 6) is 0. The number of thiocarbonyl (C=S) groups is 1. The third-order valence-corrected chi connectivity index (χ3v) is 1.03. The van der Waals surface area contributed by atoms with Gasteiger partial charge < -0.3 is 10.8 Å². The van der Waals surface area contributed by atoms with Gasteiger partial charge >= 0.3 is 6.09 Å². The fraction of sp³-hybridized carbons (Fsp3) is 0.200. The third-order valence-electron chi connectivity index (χ3n) is 0.809. The Labute approximate surface area is 63.9 Å². The Morgan fingerprint density at radius 1 is 1.90 bits per heavy atom. The standard InChI is InChI=1S/C5H8N2O2S/c1-2-3-7(4(6)10)5(8)9/h2H,1,3H2,(H2,6,10)(H,8,9). The largest absolute Gasteiger partial charge is 0.465 e. The average Bonchev–Trinajstić information content (AvgIpc) is 1.81. The summed E-state index contributed by atoms with van der Waals surface area (Å²) in [6.07, 6.45) is 0.250. The lowest BCUT2D eigenvalue weighted by molar-refractivity contribution is 0.172. The Morgan fingerprint density at radius 3 is 2.50 bits per heavy atom. The molecule has 0 heterocycles. The minimum atomic E-state index is -1.16. The molecule has 0 aliphatic heterocycles. The SMILES string of the molecule is C=CCN(C(=O)O)C(N)=S. The molecule has 4 nitrogen and oxygen atoms in total.